The predicted molar refractivity (Wildman–Crippen MR) is 63.2 cm³/mol. The predicted octanol–water partition coefficient (Wildman–Crippen LogP) is 1.57. The number of amides is 1. The van der Waals surface area contributed by atoms with Crippen LogP contribution < -0.4 is 11.1 Å². The fraction of sp³-hybridized carbons (Fsp3) is 0.545. The van der Waals surface area contributed by atoms with Gasteiger partial charge in [0.1, 0.15) is 5.82 Å². The SMILES string of the molecule is CCCCC(C)Nc1ccc(C(N)=O)nn1. The van der Waals surface area contributed by atoms with Crippen LogP contribution in [0.5, 0.6) is 0 Å². The third kappa shape index (κ3) is 3.84. The third-order valence-corrected chi connectivity index (χ3v) is 2.30. The number of carbonyl (C=O) groups is 1. The molecule has 0 fully saturated rings. The molecule has 0 bridgehead atoms. The van der Waals surface area contributed by atoms with E-state index in [1.165, 1.54) is 12.8 Å². The molecule has 1 atom stereocenters. The highest BCUT2D eigenvalue weighted by Gasteiger charge is 2.05. The Hall–Kier alpha value is -1.65. The van der Waals surface area contributed by atoms with Crippen LogP contribution in [0.25, 0.3) is 0 Å². The standard InChI is InChI=1S/C11H18N4O/c1-3-4-5-8(2)13-10-7-6-9(11(12)16)14-15-10/h6-8H,3-5H2,1-2H3,(H2,12,16)(H,13,15). The van der Waals surface area contributed by atoms with Crippen molar-refractivity contribution in [3.05, 3.63) is 17.8 Å². The van der Waals surface area contributed by atoms with Gasteiger partial charge in [-0.25, -0.2) is 0 Å². The zero-order valence-corrected chi connectivity index (χ0v) is 9.73. The van der Waals surface area contributed by atoms with E-state index in [4.69, 9.17) is 5.73 Å². The summed E-state index contributed by atoms with van der Waals surface area (Å²) in [7, 11) is 0. The van der Waals surface area contributed by atoms with E-state index in [1.807, 2.05) is 0 Å². The molecule has 3 N–H and O–H groups in total. The molecule has 5 heteroatoms. The minimum Gasteiger partial charge on any atom is -0.366 e. The van der Waals surface area contributed by atoms with Crippen LogP contribution in [0.1, 0.15) is 43.6 Å². The summed E-state index contributed by atoms with van der Waals surface area (Å²) < 4.78 is 0. The molecule has 0 saturated heterocycles. The van der Waals surface area contributed by atoms with Crippen molar-refractivity contribution in [3.8, 4) is 0 Å². The molecule has 0 radical (unpaired) electrons. The summed E-state index contributed by atoms with van der Waals surface area (Å²) in [6, 6.07) is 3.65. The second-order valence-corrected chi connectivity index (χ2v) is 3.86. The van der Waals surface area contributed by atoms with E-state index in [2.05, 4.69) is 29.4 Å². The Morgan fingerprint density at radius 1 is 1.50 bits per heavy atom. The van der Waals surface area contributed by atoms with E-state index in [1.54, 1.807) is 12.1 Å². The largest absolute Gasteiger partial charge is 0.366 e. The number of nitrogens with zero attached hydrogens (tertiary/aromatic N) is 2. The van der Waals surface area contributed by atoms with Gasteiger partial charge in [0, 0.05) is 6.04 Å². The quantitative estimate of drug-likeness (QED) is 0.765. The average molecular weight is 222 g/mol. The number of hydrogen-bond donors (Lipinski definition) is 2. The lowest BCUT2D eigenvalue weighted by Crippen LogP contribution is -2.18. The van der Waals surface area contributed by atoms with Crippen LogP contribution >= 0.6 is 0 Å². The average Bonchev–Trinajstić information content (AvgIpc) is 2.27. The molecule has 0 aliphatic heterocycles. The molecule has 1 unspecified atom stereocenters. The molecule has 0 aromatic carbocycles. The Balaban J connectivity index is 2.51. The maximum absolute atomic E-state index is 10.8. The van der Waals surface area contributed by atoms with Gasteiger partial charge in [0.05, 0.1) is 0 Å². The summed E-state index contributed by atoms with van der Waals surface area (Å²) in [6.07, 6.45) is 3.45. The van der Waals surface area contributed by atoms with Crippen molar-refractivity contribution in [3.63, 3.8) is 0 Å². The summed E-state index contributed by atoms with van der Waals surface area (Å²) in [5.41, 5.74) is 5.26. The van der Waals surface area contributed by atoms with Gasteiger partial charge in [0.2, 0.25) is 0 Å². The van der Waals surface area contributed by atoms with Gasteiger partial charge >= 0.3 is 0 Å². The van der Waals surface area contributed by atoms with Crippen LogP contribution in [0.15, 0.2) is 12.1 Å². The summed E-state index contributed by atoms with van der Waals surface area (Å²) in [6.45, 7) is 4.26. The van der Waals surface area contributed by atoms with Gasteiger partial charge in [-0.2, -0.15) is 0 Å². The lowest BCUT2D eigenvalue weighted by Gasteiger charge is -2.13. The number of rotatable bonds is 6. The van der Waals surface area contributed by atoms with Crippen LogP contribution in [-0.4, -0.2) is 22.1 Å². The van der Waals surface area contributed by atoms with E-state index in [9.17, 15) is 4.79 Å². The molecular formula is C11H18N4O. The molecule has 1 amide bonds. The van der Waals surface area contributed by atoms with Gasteiger partial charge in [0.25, 0.3) is 5.91 Å². The summed E-state index contributed by atoms with van der Waals surface area (Å²) in [5, 5.41) is 10.8. The maximum atomic E-state index is 10.8. The first-order chi connectivity index (χ1) is 7.63. The van der Waals surface area contributed by atoms with E-state index >= 15 is 0 Å². The molecule has 5 nitrogen and oxygen atoms in total. The number of anilines is 1. The number of nitrogens with two attached hydrogens (primary N) is 1. The normalized spacial score (nSPS) is 12.1. The van der Waals surface area contributed by atoms with Crippen molar-refractivity contribution in [1.29, 1.82) is 0 Å². The fourth-order valence-corrected chi connectivity index (χ4v) is 1.38. The van der Waals surface area contributed by atoms with Crippen molar-refractivity contribution in [2.24, 2.45) is 5.73 Å². The number of carbonyl (C=O) groups excluding carboxylic acids is 1. The van der Waals surface area contributed by atoms with Crippen LogP contribution in [0.2, 0.25) is 0 Å². The Kier molecular flexibility index (Phi) is 4.69. The zero-order chi connectivity index (χ0) is 12.0. The lowest BCUT2D eigenvalue weighted by atomic mass is 10.1. The van der Waals surface area contributed by atoms with Gasteiger partial charge in [-0.3, -0.25) is 4.79 Å². The van der Waals surface area contributed by atoms with Crippen molar-refractivity contribution in [2.75, 3.05) is 5.32 Å². The van der Waals surface area contributed by atoms with Crippen LogP contribution in [0, 0.1) is 0 Å². The van der Waals surface area contributed by atoms with Crippen LogP contribution in [0.4, 0.5) is 5.82 Å². The first kappa shape index (κ1) is 12.4. The minimum absolute atomic E-state index is 0.187. The van der Waals surface area contributed by atoms with Gasteiger partial charge in [-0.15, -0.1) is 10.2 Å². The van der Waals surface area contributed by atoms with Gasteiger partial charge < -0.3 is 11.1 Å². The van der Waals surface area contributed by atoms with Gasteiger partial charge in [-0.1, -0.05) is 19.8 Å². The summed E-state index contributed by atoms with van der Waals surface area (Å²) in [4.78, 5) is 10.8. The minimum atomic E-state index is -0.557. The first-order valence-corrected chi connectivity index (χ1v) is 5.53. The van der Waals surface area contributed by atoms with Crippen molar-refractivity contribution < 1.29 is 4.79 Å². The molecule has 1 aromatic rings. The molecule has 1 aromatic heterocycles. The summed E-state index contributed by atoms with van der Waals surface area (Å²) >= 11 is 0. The maximum Gasteiger partial charge on any atom is 0.269 e. The zero-order valence-electron chi connectivity index (χ0n) is 9.73. The third-order valence-electron chi connectivity index (χ3n) is 2.30. The fourth-order valence-electron chi connectivity index (χ4n) is 1.38. The molecule has 88 valence electrons. The molecule has 0 spiro atoms. The monoisotopic (exact) mass is 222 g/mol. The van der Waals surface area contributed by atoms with Crippen molar-refractivity contribution in [1.82, 2.24) is 10.2 Å². The van der Waals surface area contributed by atoms with Crippen molar-refractivity contribution in [2.45, 2.75) is 39.2 Å². The number of nitrogens with one attached hydrogen (secondary N) is 1. The van der Waals surface area contributed by atoms with Crippen LogP contribution in [-0.2, 0) is 0 Å². The Morgan fingerprint density at radius 3 is 2.75 bits per heavy atom. The smallest absolute Gasteiger partial charge is 0.269 e. The van der Waals surface area contributed by atoms with Gasteiger partial charge in [-0.05, 0) is 25.5 Å². The second-order valence-electron chi connectivity index (χ2n) is 3.86. The molecule has 16 heavy (non-hydrogen) atoms. The molecule has 0 saturated carbocycles. The van der Waals surface area contributed by atoms with Crippen molar-refractivity contribution >= 4 is 11.7 Å². The molecule has 0 aliphatic carbocycles. The lowest BCUT2D eigenvalue weighted by molar-refractivity contribution is 0.0994. The van der Waals surface area contributed by atoms with Gasteiger partial charge in [0.15, 0.2) is 5.69 Å². The van der Waals surface area contributed by atoms with E-state index in [0.29, 0.717) is 11.9 Å². The Bertz CT molecular complexity index is 336. The highest BCUT2D eigenvalue weighted by Crippen LogP contribution is 2.07. The molecule has 0 aliphatic rings. The molecular weight excluding hydrogens is 204 g/mol. The van der Waals surface area contributed by atoms with E-state index < -0.39 is 5.91 Å². The Morgan fingerprint density at radius 2 is 2.25 bits per heavy atom. The van der Waals surface area contributed by atoms with Crippen LogP contribution in [0.3, 0.4) is 0 Å². The summed E-state index contributed by atoms with van der Waals surface area (Å²) in [5.74, 6) is 0.117. The topological polar surface area (TPSA) is 80.9 Å². The number of aromatic nitrogens is 2. The van der Waals surface area contributed by atoms with E-state index in [0.717, 1.165) is 6.42 Å². The number of primary amides is 1. The Labute approximate surface area is 95.4 Å². The molecule has 1 heterocycles. The second kappa shape index (κ2) is 6.05. The highest BCUT2D eigenvalue weighted by atomic mass is 16.1. The number of hydrogen-bond acceptors (Lipinski definition) is 4. The highest BCUT2D eigenvalue weighted by molar-refractivity contribution is 5.90. The first-order valence-electron chi connectivity index (χ1n) is 5.53. The van der Waals surface area contributed by atoms with E-state index in [-0.39, 0.29) is 5.69 Å². The molecule has 1 rings (SSSR count). The number of unbranched alkanes of at least 4 members (excludes halogenated alkanes) is 1.